The van der Waals surface area contributed by atoms with Gasteiger partial charge < -0.3 is 9.13 Å². The van der Waals surface area contributed by atoms with E-state index < -0.39 is 0 Å². The lowest BCUT2D eigenvalue weighted by Gasteiger charge is -2.27. The SMILES string of the molecule is c1ccc(-c2c3ccc(-n4c(-c5ccccc5)ccc4-c4ccccc4)cc3c(-c3ccc4c(c3)C3(Cc5ccccc5C3)c3ccccc3-4)c3ccc(-n4c(-c5ccccc5)ccc4-c4ccccc4)cc23)cc1. The van der Waals surface area contributed by atoms with Crippen LogP contribution in [0.5, 0.6) is 0 Å². The second kappa shape index (κ2) is 17.3. The van der Waals surface area contributed by atoms with Crippen LogP contribution in [0.4, 0.5) is 0 Å². The van der Waals surface area contributed by atoms with E-state index in [0.717, 1.165) is 47.0 Å². The zero-order valence-electron chi connectivity index (χ0n) is 41.4. The zero-order valence-corrected chi connectivity index (χ0v) is 41.4. The zero-order chi connectivity index (χ0) is 49.5. The van der Waals surface area contributed by atoms with Crippen LogP contribution in [0.25, 0.3) is 111 Å². The Morgan fingerprint density at radius 1 is 0.253 bits per heavy atom. The highest BCUT2D eigenvalue weighted by atomic mass is 15.0. The highest BCUT2D eigenvalue weighted by molar-refractivity contribution is 6.22. The van der Waals surface area contributed by atoms with E-state index in [1.165, 1.54) is 99.4 Å². The van der Waals surface area contributed by atoms with Gasteiger partial charge in [0.1, 0.15) is 0 Å². The Kier molecular flexibility index (Phi) is 9.96. The summed E-state index contributed by atoms with van der Waals surface area (Å²) in [5, 5.41) is 4.86. The van der Waals surface area contributed by atoms with Gasteiger partial charge in [-0.3, -0.25) is 0 Å². The van der Waals surface area contributed by atoms with E-state index in [1.54, 1.807) is 0 Å². The van der Waals surface area contributed by atoms with E-state index in [-0.39, 0.29) is 5.41 Å². The van der Waals surface area contributed by atoms with Crippen molar-refractivity contribution < 1.29 is 0 Å². The number of benzene rings is 11. The highest BCUT2D eigenvalue weighted by Crippen LogP contribution is 2.57. The summed E-state index contributed by atoms with van der Waals surface area (Å²) in [6.45, 7) is 0. The number of fused-ring (bicyclic) bond motifs is 8. The van der Waals surface area contributed by atoms with E-state index in [0.29, 0.717) is 0 Å². The van der Waals surface area contributed by atoms with E-state index in [9.17, 15) is 0 Å². The molecule has 0 N–H and O–H groups in total. The molecule has 0 aliphatic heterocycles. The number of hydrogen-bond acceptors (Lipinski definition) is 0. The summed E-state index contributed by atoms with van der Waals surface area (Å²) in [5.74, 6) is 0. The first-order chi connectivity index (χ1) is 37.2. The lowest BCUT2D eigenvalue weighted by Crippen LogP contribution is -2.25. The molecule has 2 aliphatic carbocycles. The fraction of sp³-hybridized carbons (Fsp3) is 0.0411. The number of rotatable bonds is 8. The van der Waals surface area contributed by atoms with E-state index in [1.807, 2.05) is 0 Å². The van der Waals surface area contributed by atoms with Gasteiger partial charge in [0, 0.05) is 16.8 Å². The molecule has 2 aromatic heterocycles. The smallest absolute Gasteiger partial charge is 0.0535 e. The van der Waals surface area contributed by atoms with Crippen LogP contribution in [-0.2, 0) is 18.3 Å². The summed E-state index contributed by atoms with van der Waals surface area (Å²) in [4.78, 5) is 0. The Labute approximate surface area is 437 Å². The molecule has 2 nitrogen and oxygen atoms in total. The van der Waals surface area contributed by atoms with Crippen molar-refractivity contribution in [3.8, 4) is 89.8 Å². The average Bonchev–Trinajstić information content (AvgIpc) is 4.39. The number of hydrogen-bond donors (Lipinski definition) is 0. The van der Waals surface area contributed by atoms with Crippen molar-refractivity contribution in [1.82, 2.24) is 9.13 Å². The minimum Gasteiger partial charge on any atom is -0.309 e. The largest absolute Gasteiger partial charge is 0.309 e. The van der Waals surface area contributed by atoms with Gasteiger partial charge in [-0.25, -0.2) is 0 Å². The summed E-state index contributed by atoms with van der Waals surface area (Å²) >= 11 is 0. The molecular weight excluding hydrogens is 905 g/mol. The molecule has 0 unspecified atom stereocenters. The molecule has 0 amide bonds. The molecule has 1 spiro atoms. The lowest BCUT2D eigenvalue weighted by molar-refractivity contribution is 0.564. The third-order valence-corrected chi connectivity index (χ3v) is 16.4. The van der Waals surface area contributed by atoms with Crippen molar-refractivity contribution in [3.63, 3.8) is 0 Å². The molecule has 0 radical (unpaired) electrons. The third-order valence-electron chi connectivity index (χ3n) is 16.4. The van der Waals surface area contributed by atoms with Crippen molar-refractivity contribution in [2.75, 3.05) is 0 Å². The van der Waals surface area contributed by atoms with Crippen molar-refractivity contribution in [2.45, 2.75) is 18.3 Å². The first-order valence-electron chi connectivity index (χ1n) is 26.2. The molecule has 0 atom stereocenters. The molecule has 2 aliphatic rings. The Morgan fingerprint density at radius 2 is 0.627 bits per heavy atom. The van der Waals surface area contributed by atoms with Gasteiger partial charge in [0.2, 0.25) is 0 Å². The molecule has 13 aromatic rings. The molecule has 11 aromatic carbocycles. The van der Waals surface area contributed by atoms with Crippen LogP contribution in [0.3, 0.4) is 0 Å². The van der Waals surface area contributed by atoms with Crippen molar-refractivity contribution in [2.24, 2.45) is 0 Å². The molecule has 2 heteroatoms. The maximum absolute atomic E-state index is 2.59. The van der Waals surface area contributed by atoms with Crippen LogP contribution < -0.4 is 0 Å². The first-order valence-corrected chi connectivity index (χ1v) is 26.2. The van der Waals surface area contributed by atoms with Crippen LogP contribution in [-0.4, -0.2) is 9.13 Å². The molecule has 2 heterocycles. The summed E-state index contributed by atoms with van der Waals surface area (Å²) in [7, 11) is 0. The first kappa shape index (κ1) is 43.1. The van der Waals surface area contributed by atoms with Crippen LogP contribution in [0.15, 0.2) is 279 Å². The lowest BCUT2D eigenvalue weighted by atomic mass is 9.75. The molecule has 0 fully saturated rings. The minimum atomic E-state index is -0.157. The highest BCUT2D eigenvalue weighted by Gasteiger charge is 2.47. The number of nitrogens with zero attached hydrogens (tertiary/aromatic N) is 2. The van der Waals surface area contributed by atoms with Crippen LogP contribution in [0.2, 0.25) is 0 Å². The van der Waals surface area contributed by atoms with Crippen molar-refractivity contribution in [3.05, 3.63) is 301 Å². The van der Waals surface area contributed by atoms with Gasteiger partial charge in [-0.2, -0.15) is 0 Å². The quantitative estimate of drug-likeness (QED) is 0.134. The summed E-state index contributed by atoms with van der Waals surface area (Å²) in [6, 6.07) is 104. The van der Waals surface area contributed by atoms with Crippen molar-refractivity contribution in [1.29, 1.82) is 0 Å². The Balaban J connectivity index is 1.05. The van der Waals surface area contributed by atoms with Crippen LogP contribution in [0.1, 0.15) is 22.3 Å². The van der Waals surface area contributed by atoms with Gasteiger partial charge in [-0.05, 0) is 167 Å². The van der Waals surface area contributed by atoms with Gasteiger partial charge in [0.25, 0.3) is 0 Å². The molecule has 0 bridgehead atoms. The van der Waals surface area contributed by atoms with Gasteiger partial charge in [-0.1, -0.05) is 224 Å². The molecule has 75 heavy (non-hydrogen) atoms. The van der Waals surface area contributed by atoms with E-state index in [4.69, 9.17) is 0 Å². The predicted molar refractivity (Wildman–Crippen MR) is 313 cm³/mol. The van der Waals surface area contributed by atoms with Gasteiger partial charge in [0.15, 0.2) is 0 Å². The summed E-state index contributed by atoms with van der Waals surface area (Å²) < 4.78 is 4.93. The fourth-order valence-electron chi connectivity index (χ4n) is 13.1. The Hall–Kier alpha value is -9.50. The minimum absolute atomic E-state index is 0.157. The second-order valence-electron chi connectivity index (χ2n) is 20.4. The molecular formula is C73H50N2. The van der Waals surface area contributed by atoms with Gasteiger partial charge in [0.05, 0.1) is 22.8 Å². The molecule has 0 saturated heterocycles. The average molecular weight is 955 g/mol. The second-order valence-corrected chi connectivity index (χ2v) is 20.4. The van der Waals surface area contributed by atoms with Crippen molar-refractivity contribution >= 4 is 21.5 Å². The predicted octanol–water partition coefficient (Wildman–Crippen LogP) is 18.6. The van der Waals surface area contributed by atoms with Crippen LogP contribution in [0, 0.1) is 0 Å². The third kappa shape index (κ3) is 6.87. The van der Waals surface area contributed by atoms with Gasteiger partial charge >= 0.3 is 0 Å². The standard InChI is InChI=1S/C73H50N2/c1-6-20-49(21-7-1)67-40-41-68(50-22-8-2-9-23-50)74(67)57-36-39-62-63(45-57)71(53-28-14-5-15-29-53)61-38-35-58(75-69(51-24-10-3-11-25-51)42-43-70(75)52-26-12-4-13-27-52)46-64(61)72(62)54-34-37-60-59-32-18-19-33-65(59)73(66(60)44-54)47-55-30-16-17-31-56(55)48-73/h1-46H,47-48H2. The molecule has 15 rings (SSSR count). The van der Waals surface area contributed by atoms with Crippen LogP contribution >= 0.6 is 0 Å². The Bertz CT molecular complexity index is 4180. The summed E-state index contributed by atoms with van der Waals surface area (Å²) in [6.07, 6.45) is 1.97. The normalized spacial score (nSPS) is 13.1. The molecule has 0 saturated carbocycles. The Morgan fingerprint density at radius 3 is 1.08 bits per heavy atom. The summed E-state index contributed by atoms with van der Waals surface area (Å²) in [5.41, 5.74) is 24.7. The van der Waals surface area contributed by atoms with E-state index in [2.05, 4.69) is 288 Å². The van der Waals surface area contributed by atoms with E-state index >= 15 is 0 Å². The maximum Gasteiger partial charge on any atom is 0.0535 e. The number of aromatic nitrogens is 2. The molecule has 352 valence electrons. The topological polar surface area (TPSA) is 9.86 Å². The van der Waals surface area contributed by atoms with Gasteiger partial charge in [-0.15, -0.1) is 0 Å². The maximum atomic E-state index is 2.59. The monoisotopic (exact) mass is 954 g/mol. The fourth-order valence-corrected chi connectivity index (χ4v) is 13.1.